The first-order valence-corrected chi connectivity index (χ1v) is 10.3. The number of hydrogen-bond donors (Lipinski definition) is 1. The van der Waals surface area contributed by atoms with Crippen molar-refractivity contribution in [2.75, 3.05) is 7.11 Å². The molecule has 0 aliphatic rings. The van der Waals surface area contributed by atoms with Crippen LogP contribution in [-0.2, 0) is 21.4 Å². The number of nitrogens with one attached hydrogen (secondary N) is 1. The van der Waals surface area contributed by atoms with Crippen LogP contribution in [0.25, 0.3) is 0 Å². The van der Waals surface area contributed by atoms with E-state index >= 15 is 0 Å². The summed E-state index contributed by atoms with van der Waals surface area (Å²) in [6.45, 7) is 8.61. The van der Waals surface area contributed by atoms with Crippen LogP contribution in [0.3, 0.4) is 0 Å². The summed E-state index contributed by atoms with van der Waals surface area (Å²) in [5.74, 6) is -0.162. The smallest absolute Gasteiger partial charge is 0.333 e. The fourth-order valence-corrected chi connectivity index (χ4v) is 3.35. The molecule has 0 aliphatic heterocycles. The molecular weight excluding hydrogens is 390 g/mol. The molecule has 0 spiro atoms. The number of furan rings is 1. The Morgan fingerprint density at radius 1 is 1.03 bits per heavy atom. The molecule has 162 valence electrons. The fourth-order valence-electron chi connectivity index (χ4n) is 3.35. The molecule has 5 heteroatoms. The maximum Gasteiger partial charge on any atom is 0.333 e. The maximum atomic E-state index is 12.8. The first-order valence-electron chi connectivity index (χ1n) is 10.3. The summed E-state index contributed by atoms with van der Waals surface area (Å²) in [7, 11) is 1.30. The molecule has 1 N–H and O–H groups in total. The quantitative estimate of drug-likeness (QED) is 0.563. The molecule has 0 saturated carbocycles. The van der Waals surface area contributed by atoms with E-state index in [1.54, 1.807) is 36.4 Å². The number of amides is 1. The van der Waals surface area contributed by atoms with E-state index in [0.717, 1.165) is 5.56 Å². The van der Waals surface area contributed by atoms with Crippen molar-refractivity contribution in [3.05, 3.63) is 94.4 Å². The van der Waals surface area contributed by atoms with Crippen molar-refractivity contribution in [2.45, 2.75) is 45.6 Å². The number of carbonyl (C=O) groups is 2. The van der Waals surface area contributed by atoms with Gasteiger partial charge in [0.1, 0.15) is 5.76 Å². The molecule has 0 saturated heterocycles. The van der Waals surface area contributed by atoms with Crippen molar-refractivity contribution in [3.63, 3.8) is 0 Å². The summed E-state index contributed by atoms with van der Waals surface area (Å²) in [6.07, 6.45) is 0.585. The van der Waals surface area contributed by atoms with Gasteiger partial charge in [-0.1, -0.05) is 69.3 Å². The molecule has 0 fully saturated rings. The van der Waals surface area contributed by atoms with Gasteiger partial charge in [0.2, 0.25) is 0 Å². The minimum absolute atomic E-state index is 0.0526. The van der Waals surface area contributed by atoms with E-state index in [2.05, 4.69) is 51.2 Å². The first-order chi connectivity index (χ1) is 14.7. The molecule has 1 atom stereocenters. The molecule has 0 radical (unpaired) electrons. The highest BCUT2D eigenvalue weighted by Gasteiger charge is 2.25. The molecule has 1 unspecified atom stereocenters. The van der Waals surface area contributed by atoms with E-state index in [0.29, 0.717) is 17.7 Å². The summed E-state index contributed by atoms with van der Waals surface area (Å²) >= 11 is 0. The largest absolute Gasteiger partial charge is 0.467 e. The van der Waals surface area contributed by atoms with Gasteiger partial charge < -0.3 is 14.5 Å². The minimum atomic E-state index is -0.905. The van der Waals surface area contributed by atoms with Crippen LogP contribution in [0, 0.1) is 6.92 Å². The highest BCUT2D eigenvalue weighted by atomic mass is 16.5. The standard InChI is InChI=1S/C26H29NO4/c1-17-11-12-20(26(2,3)4)15-19(17)16-21-13-14-22(31-21)24(28)27-23(25(29)30-5)18-9-7-6-8-10-18/h6-15,23H,16H2,1-5H3,(H,27,28). The van der Waals surface area contributed by atoms with Crippen LogP contribution in [0.1, 0.15) is 65.4 Å². The molecule has 1 heterocycles. The molecule has 0 bridgehead atoms. The van der Waals surface area contributed by atoms with Crippen LogP contribution < -0.4 is 5.32 Å². The van der Waals surface area contributed by atoms with Gasteiger partial charge >= 0.3 is 5.97 Å². The number of ether oxygens (including phenoxy) is 1. The zero-order valence-electron chi connectivity index (χ0n) is 18.7. The third-order valence-electron chi connectivity index (χ3n) is 5.31. The number of aryl methyl sites for hydroxylation is 1. The van der Waals surface area contributed by atoms with Gasteiger partial charge in [0.15, 0.2) is 11.8 Å². The second kappa shape index (κ2) is 9.21. The highest BCUT2D eigenvalue weighted by molar-refractivity contribution is 5.94. The molecule has 3 aromatic rings. The molecule has 0 aliphatic carbocycles. The molecular formula is C26H29NO4. The van der Waals surface area contributed by atoms with E-state index < -0.39 is 17.9 Å². The Labute approximate surface area is 183 Å². The Bertz CT molecular complexity index is 1060. The van der Waals surface area contributed by atoms with Gasteiger partial charge in [-0.3, -0.25) is 4.79 Å². The van der Waals surface area contributed by atoms with Crippen molar-refractivity contribution in [3.8, 4) is 0 Å². The maximum absolute atomic E-state index is 12.8. The molecule has 31 heavy (non-hydrogen) atoms. The van der Waals surface area contributed by atoms with E-state index in [1.165, 1.54) is 18.2 Å². The van der Waals surface area contributed by atoms with Crippen LogP contribution in [0.15, 0.2) is 65.1 Å². The second-order valence-corrected chi connectivity index (χ2v) is 8.67. The van der Waals surface area contributed by atoms with Crippen LogP contribution in [0.5, 0.6) is 0 Å². The first kappa shape index (κ1) is 22.3. The Balaban J connectivity index is 1.77. The fraction of sp³-hybridized carbons (Fsp3) is 0.308. The van der Waals surface area contributed by atoms with Gasteiger partial charge in [-0.2, -0.15) is 0 Å². The Hall–Kier alpha value is -3.34. The Morgan fingerprint density at radius 3 is 2.39 bits per heavy atom. The lowest BCUT2D eigenvalue weighted by atomic mass is 9.85. The Kier molecular flexibility index (Phi) is 6.64. The molecule has 1 aromatic heterocycles. The van der Waals surface area contributed by atoms with Crippen molar-refractivity contribution >= 4 is 11.9 Å². The Morgan fingerprint density at radius 2 is 1.74 bits per heavy atom. The van der Waals surface area contributed by atoms with Crippen molar-refractivity contribution in [1.82, 2.24) is 5.32 Å². The summed E-state index contributed by atoms with van der Waals surface area (Å²) in [5, 5.41) is 2.71. The number of esters is 1. The number of rotatable bonds is 6. The summed E-state index contributed by atoms with van der Waals surface area (Å²) < 4.78 is 10.7. The predicted molar refractivity (Wildman–Crippen MR) is 120 cm³/mol. The van der Waals surface area contributed by atoms with Crippen molar-refractivity contribution < 1.29 is 18.7 Å². The lowest BCUT2D eigenvalue weighted by molar-refractivity contribution is -0.143. The number of methoxy groups -OCH3 is 1. The van der Waals surface area contributed by atoms with Crippen molar-refractivity contribution in [1.29, 1.82) is 0 Å². The molecule has 5 nitrogen and oxygen atoms in total. The zero-order valence-corrected chi connectivity index (χ0v) is 18.7. The van der Waals surface area contributed by atoms with Gasteiger partial charge in [-0.05, 0) is 46.7 Å². The topological polar surface area (TPSA) is 68.5 Å². The van der Waals surface area contributed by atoms with Gasteiger partial charge in [0.25, 0.3) is 5.91 Å². The summed E-state index contributed by atoms with van der Waals surface area (Å²) in [5.41, 5.74) is 4.28. The van der Waals surface area contributed by atoms with Crippen LogP contribution in [0.2, 0.25) is 0 Å². The van der Waals surface area contributed by atoms with Crippen LogP contribution in [0.4, 0.5) is 0 Å². The number of carbonyl (C=O) groups excluding carboxylic acids is 2. The van der Waals surface area contributed by atoms with E-state index in [9.17, 15) is 9.59 Å². The number of benzene rings is 2. The molecule has 1 amide bonds. The van der Waals surface area contributed by atoms with E-state index in [4.69, 9.17) is 9.15 Å². The third-order valence-corrected chi connectivity index (χ3v) is 5.31. The lowest BCUT2D eigenvalue weighted by Gasteiger charge is -2.20. The highest BCUT2D eigenvalue weighted by Crippen LogP contribution is 2.26. The average Bonchev–Trinajstić information content (AvgIpc) is 3.21. The summed E-state index contributed by atoms with van der Waals surface area (Å²) in [6, 6.07) is 18.0. The number of hydrogen-bond acceptors (Lipinski definition) is 4. The third kappa shape index (κ3) is 5.43. The van der Waals surface area contributed by atoms with Gasteiger partial charge in [0, 0.05) is 6.42 Å². The summed E-state index contributed by atoms with van der Waals surface area (Å²) in [4.78, 5) is 25.0. The predicted octanol–water partition coefficient (Wildman–Crippen LogP) is 5.12. The van der Waals surface area contributed by atoms with Gasteiger partial charge in [0.05, 0.1) is 7.11 Å². The van der Waals surface area contributed by atoms with E-state index in [-0.39, 0.29) is 11.2 Å². The molecule has 2 aromatic carbocycles. The zero-order chi connectivity index (χ0) is 22.6. The van der Waals surface area contributed by atoms with Crippen LogP contribution >= 0.6 is 0 Å². The monoisotopic (exact) mass is 419 g/mol. The van der Waals surface area contributed by atoms with E-state index in [1.807, 2.05) is 6.07 Å². The second-order valence-electron chi connectivity index (χ2n) is 8.67. The van der Waals surface area contributed by atoms with Crippen LogP contribution in [-0.4, -0.2) is 19.0 Å². The molecule has 3 rings (SSSR count). The normalized spacial score (nSPS) is 12.3. The SMILES string of the molecule is COC(=O)C(NC(=O)c1ccc(Cc2cc(C(C)(C)C)ccc2C)o1)c1ccccc1. The average molecular weight is 420 g/mol. The van der Waals surface area contributed by atoms with Gasteiger partial charge in [-0.25, -0.2) is 4.79 Å². The van der Waals surface area contributed by atoms with Gasteiger partial charge in [-0.15, -0.1) is 0 Å². The lowest BCUT2D eigenvalue weighted by Crippen LogP contribution is -2.34. The van der Waals surface area contributed by atoms with Crippen molar-refractivity contribution in [2.24, 2.45) is 0 Å². The minimum Gasteiger partial charge on any atom is -0.467 e.